The van der Waals surface area contributed by atoms with Crippen LogP contribution in [0.4, 0.5) is 51.4 Å². The van der Waals surface area contributed by atoms with Crippen molar-refractivity contribution in [2.75, 3.05) is 14.7 Å². The van der Waals surface area contributed by atoms with E-state index in [4.69, 9.17) is 14.7 Å². The first-order valence-corrected chi connectivity index (χ1v) is 33.2. The Balaban J connectivity index is 1.08. The van der Waals surface area contributed by atoms with Gasteiger partial charge in [-0.25, -0.2) is 9.97 Å². The molecule has 8 heterocycles. The predicted octanol–water partition coefficient (Wildman–Crippen LogP) is 17.7. The lowest BCUT2D eigenvalue weighted by atomic mass is 9.30. The summed E-state index contributed by atoms with van der Waals surface area (Å²) in [7, 11) is 0. The van der Waals surface area contributed by atoms with Gasteiger partial charge in [-0.2, -0.15) is 0 Å². The number of pyridine rings is 2. The van der Waals surface area contributed by atoms with Gasteiger partial charge in [0, 0.05) is 86.8 Å². The van der Waals surface area contributed by atoms with Crippen molar-refractivity contribution in [1.29, 1.82) is 0 Å². The molecule has 10 aromatic rings. The molecule has 432 valence electrons. The van der Waals surface area contributed by atoms with Crippen LogP contribution in [0.2, 0.25) is 0 Å². The number of para-hydroxylation sites is 2. The molecule has 5 aliphatic rings. The van der Waals surface area contributed by atoms with Gasteiger partial charge in [0.15, 0.2) is 0 Å². The molecular formula is C76H79B2N5OS2. The van der Waals surface area contributed by atoms with Crippen LogP contribution < -0.4 is 52.2 Å². The van der Waals surface area contributed by atoms with Gasteiger partial charge in [0.25, 0.3) is 13.4 Å². The van der Waals surface area contributed by atoms with E-state index in [1.807, 2.05) is 22.7 Å². The van der Waals surface area contributed by atoms with Crippen molar-refractivity contribution in [3.05, 3.63) is 172 Å². The third kappa shape index (κ3) is 8.16. The van der Waals surface area contributed by atoms with E-state index in [-0.39, 0.29) is 45.9 Å². The van der Waals surface area contributed by atoms with Crippen LogP contribution in [-0.2, 0) is 32.5 Å². The molecule has 6 nitrogen and oxygen atoms in total. The number of fused-ring (bicyclic) bond motifs is 13. The number of rotatable bonds is 7. The Morgan fingerprint density at radius 3 is 1.49 bits per heavy atom. The van der Waals surface area contributed by atoms with Crippen molar-refractivity contribution in [1.82, 2.24) is 9.97 Å². The summed E-state index contributed by atoms with van der Waals surface area (Å²) in [4.78, 5) is 22.3. The van der Waals surface area contributed by atoms with E-state index >= 15 is 0 Å². The van der Waals surface area contributed by atoms with Crippen molar-refractivity contribution in [3.8, 4) is 11.5 Å². The van der Waals surface area contributed by atoms with Gasteiger partial charge in [0.05, 0.1) is 22.8 Å². The van der Waals surface area contributed by atoms with Crippen molar-refractivity contribution in [2.24, 2.45) is 0 Å². The summed E-state index contributed by atoms with van der Waals surface area (Å²) in [6.45, 7) is 37.4. The zero-order valence-corrected chi connectivity index (χ0v) is 54.9. The third-order valence-electron chi connectivity index (χ3n) is 20.7. The lowest BCUT2D eigenvalue weighted by molar-refractivity contribution is 0.332. The van der Waals surface area contributed by atoms with Crippen LogP contribution in [0.25, 0.3) is 20.2 Å². The lowest BCUT2D eigenvalue weighted by Gasteiger charge is -2.46. The van der Waals surface area contributed by atoms with Crippen molar-refractivity contribution >= 4 is 140 Å². The molecule has 0 spiro atoms. The molecule has 0 saturated heterocycles. The van der Waals surface area contributed by atoms with Crippen LogP contribution in [-0.4, -0.2) is 23.4 Å². The quantitative estimate of drug-likeness (QED) is 0.148. The molecule has 0 radical (unpaired) electrons. The van der Waals surface area contributed by atoms with Crippen LogP contribution in [0.5, 0.6) is 11.5 Å². The molecule has 1 aliphatic carbocycles. The fraction of sp³-hybridized carbons (Fsp3) is 0.342. The molecule has 0 N–H and O–H groups in total. The molecule has 4 aliphatic heterocycles. The number of benzene rings is 6. The monoisotopic (exact) mass is 1160 g/mol. The Bertz CT molecular complexity index is 4480. The van der Waals surface area contributed by atoms with E-state index in [1.54, 1.807) is 0 Å². The van der Waals surface area contributed by atoms with Crippen LogP contribution in [0.3, 0.4) is 0 Å². The van der Waals surface area contributed by atoms with E-state index in [9.17, 15) is 0 Å². The molecule has 0 atom stereocenters. The summed E-state index contributed by atoms with van der Waals surface area (Å²) in [6, 6.07) is 54.0. The number of hydrogen-bond donors (Lipinski definition) is 0. The fourth-order valence-corrected chi connectivity index (χ4v) is 17.1. The third-order valence-corrected chi connectivity index (χ3v) is 23.7. The molecular weight excluding hydrogens is 1080 g/mol. The van der Waals surface area contributed by atoms with Gasteiger partial charge in [-0.15, -0.1) is 22.7 Å². The summed E-state index contributed by atoms with van der Waals surface area (Å²) in [5, 5.41) is 2.55. The number of nitrogens with zero attached hydrogens (tertiary/aromatic N) is 5. The van der Waals surface area contributed by atoms with Crippen molar-refractivity contribution in [2.45, 2.75) is 169 Å². The summed E-state index contributed by atoms with van der Waals surface area (Å²) < 4.78 is 10.3. The van der Waals surface area contributed by atoms with E-state index in [0.29, 0.717) is 0 Å². The molecule has 0 unspecified atom stereocenters. The minimum Gasteiger partial charge on any atom is -0.458 e. The number of aromatic nitrogens is 2. The highest BCUT2D eigenvalue weighted by Gasteiger charge is 2.51. The lowest BCUT2D eigenvalue weighted by Crippen LogP contribution is -2.64. The zero-order chi connectivity index (χ0) is 60.1. The second-order valence-electron chi connectivity index (χ2n) is 30.1. The maximum atomic E-state index is 7.72. The average molecular weight is 1160 g/mol. The molecule has 86 heavy (non-hydrogen) atoms. The van der Waals surface area contributed by atoms with Gasteiger partial charge in [-0.05, 0) is 153 Å². The van der Waals surface area contributed by atoms with Gasteiger partial charge in [0.2, 0.25) is 0 Å². The standard InChI is InChI=1S/C76H79B2N5OS2/c1-17-73(9,10)63-38-47-59(85-63)33-31-51-67(47)82(44-25-21-19-22-26-44)69-65-56(42-61(79-69)71(3,4)5)81(46-29-30-49-50(37-46)76(15,16)36-35-75(49,13)14)55-41-57-54(40-53(55)77(51)65)78-52-32-34-60-48(39-64(86-60)74(11,12)18-2)68(52)83(45-27-23-20-24-28-45)70-66(78)58(84-57)43-62(80-70)72(6,7)8/h19-34,37-43H,17-18,35-36H2,1-16H3. The minimum atomic E-state index is -0.285. The summed E-state index contributed by atoms with van der Waals surface area (Å²) >= 11 is 3.89. The Kier molecular flexibility index (Phi) is 12.1. The Hall–Kier alpha value is -7.13. The highest BCUT2D eigenvalue weighted by Crippen LogP contribution is 2.54. The molecule has 0 saturated carbocycles. The summed E-state index contributed by atoms with van der Waals surface area (Å²) in [6.07, 6.45) is 4.37. The largest absolute Gasteiger partial charge is 0.458 e. The highest BCUT2D eigenvalue weighted by atomic mass is 32.1. The van der Waals surface area contributed by atoms with Gasteiger partial charge in [-0.1, -0.05) is 171 Å². The maximum absolute atomic E-state index is 7.72. The second kappa shape index (κ2) is 18.7. The van der Waals surface area contributed by atoms with Gasteiger partial charge < -0.3 is 9.64 Å². The van der Waals surface area contributed by atoms with E-state index in [2.05, 4.69) is 265 Å². The number of thiophene rings is 2. The Labute approximate surface area is 518 Å². The first kappa shape index (κ1) is 55.4. The molecule has 10 heteroatoms. The highest BCUT2D eigenvalue weighted by molar-refractivity contribution is 7.20. The summed E-state index contributed by atoms with van der Waals surface area (Å²) in [5.74, 6) is 3.69. The van der Waals surface area contributed by atoms with Gasteiger partial charge in [-0.3, -0.25) is 9.80 Å². The van der Waals surface area contributed by atoms with Gasteiger partial charge in [0.1, 0.15) is 23.1 Å². The molecule has 4 aromatic heterocycles. The summed E-state index contributed by atoms with van der Waals surface area (Å²) in [5.41, 5.74) is 19.8. The molecule has 0 fully saturated rings. The minimum absolute atomic E-state index is 0.00754. The first-order chi connectivity index (χ1) is 40.8. The van der Waals surface area contributed by atoms with Gasteiger partial charge >= 0.3 is 0 Å². The maximum Gasteiger partial charge on any atom is 0.258 e. The second-order valence-corrected chi connectivity index (χ2v) is 32.3. The normalized spacial score (nSPS) is 16.3. The Morgan fingerprint density at radius 1 is 0.465 bits per heavy atom. The fourth-order valence-electron chi connectivity index (χ4n) is 14.6. The average Bonchev–Trinajstić information content (AvgIpc) is 0.763. The van der Waals surface area contributed by atoms with Crippen LogP contribution in [0.15, 0.2) is 140 Å². The number of anilines is 9. The molecule has 0 bridgehead atoms. The van der Waals surface area contributed by atoms with E-state index in [0.717, 1.165) is 93.9 Å². The van der Waals surface area contributed by atoms with Crippen LogP contribution in [0.1, 0.15) is 169 Å². The molecule has 6 aromatic carbocycles. The van der Waals surface area contributed by atoms with E-state index < -0.39 is 0 Å². The predicted molar refractivity (Wildman–Crippen MR) is 372 cm³/mol. The Morgan fingerprint density at radius 2 is 0.965 bits per heavy atom. The zero-order valence-electron chi connectivity index (χ0n) is 53.2. The number of ether oxygens (including phenoxy) is 1. The molecule has 0 amide bonds. The number of hydrogen-bond acceptors (Lipinski definition) is 8. The first-order valence-electron chi connectivity index (χ1n) is 31.5. The van der Waals surface area contributed by atoms with E-state index in [1.165, 1.54) is 80.0 Å². The van der Waals surface area contributed by atoms with Crippen molar-refractivity contribution in [3.63, 3.8) is 0 Å². The topological polar surface area (TPSA) is 44.7 Å². The van der Waals surface area contributed by atoms with Crippen LogP contribution >= 0.6 is 22.7 Å². The van der Waals surface area contributed by atoms with Crippen LogP contribution in [0, 0.1) is 0 Å². The SMILES string of the molecule is CCC(C)(C)c1cc2c3c(ccc2s1)B1c2cc4c(cc2Oc2cc(C(C)(C)C)nc(c21)N3c1ccccc1)N(c1ccc2c(c1)C(C)(C)CCC2(C)C)c1cc(C(C)(C)C)nc2c1B4c1ccc3sc(C(C)(C)CC)cc3c1N2c1ccccc1. The smallest absolute Gasteiger partial charge is 0.258 e. The van der Waals surface area contributed by atoms with Crippen molar-refractivity contribution < 1.29 is 4.74 Å². The molecule has 15 rings (SSSR count).